The summed E-state index contributed by atoms with van der Waals surface area (Å²) in [6, 6.07) is 11.5. The average Bonchev–Trinajstić information content (AvgIpc) is 2.66. The Bertz CT molecular complexity index is 780. The van der Waals surface area contributed by atoms with Crippen LogP contribution in [-0.2, 0) is 22.6 Å². The van der Waals surface area contributed by atoms with Crippen LogP contribution in [0.15, 0.2) is 48.5 Å². The molecule has 0 radical (unpaired) electrons. The van der Waals surface area contributed by atoms with Crippen molar-refractivity contribution in [2.75, 3.05) is 13.1 Å². The van der Waals surface area contributed by atoms with E-state index >= 15 is 0 Å². The Hall–Kier alpha value is -3.03. The highest BCUT2D eigenvalue weighted by Gasteiger charge is 2.16. The maximum Gasteiger partial charge on any atom is 0.387 e. The van der Waals surface area contributed by atoms with E-state index in [0.29, 0.717) is 12.1 Å². The van der Waals surface area contributed by atoms with E-state index in [2.05, 4.69) is 10.1 Å². The van der Waals surface area contributed by atoms with Gasteiger partial charge in [-0.15, -0.1) is 0 Å². The summed E-state index contributed by atoms with van der Waals surface area (Å²) in [6.07, 6.45) is 0.0358. The SMILES string of the molecule is CCN(CC(=O)NCc1ccc(F)cc1)C(=O)Cc1ccc(OC(F)F)cc1. The van der Waals surface area contributed by atoms with Gasteiger partial charge in [0.15, 0.2) is 0 Å². The quantitative estimate of drug-likeness (QED) is 0.711. The highest BCUT2D eigenvalue weighted by molar-refractivity contribution is 5.85. The number of amides is 2. The Labute approximate surface area is 161 Å². The summed E-state index contributed by atoms with van der Waals surface area (Å²) in [5.74, 6) is -0.937. The molecule has 150 valence electrons. The zero-order valence-electron chi connectivity index (χ0n) is 15.3. The van der Waals surface area contributed by atoms with Crippen LogP contribution in [0.5, 0.6) is 5.75 Å². The molecule has 0 aromatic heterocycles. The molecular formula is C20H21F3N2O3. The van der Waals surface area contributed by atoms with Crippen molar-refractivity contribution in [1.29, 1.82) is 0 Å². The minimum atomic E-state index is -2.91. The Kier molecular flexibility index (Phi) is 7.86. The largest absolute Gasteiger partial charge is 0.435 e. The van der Waals surface area contributed by atoms with Crippen LogP contribution < -0.4 is 10.1 Å². The van der Waals surface area contributed by atoms with E-state index in [0.717, 1.165) is 5.56 Å². The Morgan fingerprint density at radius 2 is 1.64 bits per heavy atom. The van der Waals surface area contributed by atoms with Gasteiger partial charge in [-0.05, 0) is 42.3 Å². The van der Waals surface area contributed by atoms with Crippen LogP contribution in [0, 0.1) is 5.82 Å². The number of benzene rings is 2. The molecule has 0 aliphatic rings. The zero-order chi connectivity index (χ0) is 20.5. The van der Waals surface area contributed by atoms with Crippen molar-refractivity contribution in [3.63, 3.8) is 0 Å². The molecule has 5 nitrogen and oxygen atoms in total. The molecule has 1 N–H and O–H groups in total. The van der Waals surface area contributed by atoms with Crippen LogP contribution in [0.25, 0.3) is 0 Å². The lowest BCUT2D eigenvalue weighted by atomic mass is 10.1. The molecule has 0 fully saturated rings. The fourth-order valence-electron chi connectivity index (χ4n) is 2.48. The predicted molar refractivity (Wildman–Crippen MR) is 97.3 cm³/mol. The van der Waals surface area contributed by atoms with Crippen LogP contribution in [0.2, 0.25) is 0 Å². The smallest absolute Gasteiger partial charge is 0.387 e. The van der Waals surface area contributed by atoms with Crippen molar-refractivity contribution >= 4 is 11.8 Å². The van der Waals surface area contributed by atoms with E-state index in [-0.39, 0.29) is 42.9 Å². The summed E-state index contributed by atoms with van der Waals surface area (Å²) in [5.41, 5.74) is 1.37. The number of hydrogen-bond acceptors (Lipinski definition) is 3. The molecule has 2 rings (SSSR count). The summed E-state index contributed by atoms with van der Waals surface area (Å²) >= 11 is 0. The van der Waals surface area contributed by atoms with Gasteiger partial charge in [0.05, 0.1) is 13.0 Å². The molecule has 2 amide bonds. The second-order valence-corrected chi connectivity index (χ2v) is 6.01. The van der Waals surface area contributed by atoms with E-state index in [1.54, 1.807) is 19.1 Å². The molecule has 2 aromatic rings. The fourth-order valence-corrected chi connectivity index (χ4v) is 2.48. The van der Waals surface area contributed by atoms with Gasteiger partial charge in [0.2, 0.25) is 11.8 Å². The molecule has 0 unspecified atom stereocenters. The Balaban J connectivity index is 1.84. The molecular weight excluding hydrogens is 373 g/mol. The lowest BCUT2D eigenvalue weighted by Crippen LogP contribution is -2.41. The van der Waals surface area contributed by atoms with Gasteiger partial charge in [-0.25, -0.2) is 4.39 Å². The van der Waals surface area contributed by atoms with Gasteiger partial charge in [0.1, 0.15) is 11.6 Å². The fraction of sp³-hybridized carbons (Fsp3) is 0.300. The summed E-state index contributed by atoms with van der Waals surface area (Å²) in [5, 5.41) is 2.68. The van der Waals surface area contributed by atoms with Crippen molar-refractivity contribution in [2.45, 2.75) is 26.5 Å². The maximum atomic E-state index is 12.9. The minimum absolute atomic E-state index is 0.0127. The standard InChI is InChI=1S/C20H21F3N2O3/c1-2-25(13-18(26)24-12-15-3-7-16(21)8-4-15)19(27)11-14-5-9-17(10-6-14)28-20(22)23/h3-10,20H,2,11-13H2,1H3,(H,24,26). The van der Waals surface area contributed by atoms with Crippen molar-refractivity contribution in [3.8, 4) is 5.75 Å². The lowest BCUT2D eigenvalue weighted by molar-refractivity contribution is -0.135. The molecule has 2 aromatic carbocycles. The molecule has 0 heterocycles. The van der Waals surface area contributed by atoms with Gasteiger partial charge < -0.3 is 15.0 Å². The van der Waals surface area contributed by atoms with E-state index in [1.165, 1.54) is 41.3 Å². The number of nitrogens with zero attached hydrogens (tertiary/aromatic N) is 1. The number of hydrogen-bond donors (Lipinski definition) is 1. The van der Waals surface area contributed by atoms with Crippen molar-refractivity contribution < 1.29 is 27.5 Å². The molecule has 0 aliphatic heterocycles. The number of ether oxygens (including phenoxy) is 1. The molecule has 8 heteroatoms. The number of carbonyl (C=O) groups is 2. The molecule has 0 saturated heterocycles. The van der Waals surface area contributed by atoms with Gasteiger partial charge in [-0.1, -0.05) is 24.3 Å². The molecule has 0 atom stereocenters. The summed E-state index contributed by atoms with van der Waals surface area (Å²) in [6.45, 7) is -0.684. The number of halogens is 3. The third-order valence-corrected chi connectivity index (χ3v) is 3.98. The topological polar surface area (TPSA) is 58.6 Å². The highest BCUT2D eigenvalue weighted by atomic mass is 19.3. The second-order valence-electron chi connectivity index (χ2n) is 6.01. The molecule has 0 saturated carbocycles. The number of nitrogens with one attached hydrogen (secondary N) is 1. The number of carbonyl (C=O) groups excluding carboxylic acids is 2. The molecule has 0 spiro atoms. The summed E-state index contributed by atoms with van der Waals surface area (Å²) in [7, 11) is 0. The van der Waals surface area contributed by atoms with Crippen LogP contribution in [0.3, 0.4) is 0 Å². The zero-order valence-corrected chi connectivity index (χ0v) is 15.3. The second kappa shape index (κ2) is 10.3. The maximum absolute atomic E-state index is 12.9. The van der Waals surface area contributed by atoms with Gasteiger partial charge in [0, 0.05) is 13.1 Å². The lowest BCUT2D eigenvalue weighted by Gasteiger charge is -2.20. The molecule has 0 aliphatic carbocycles. The Morgan fingerprint density at radius 3 is 2.21 bits per heavy atom. The number of likely N-dealkylation sites (N-methyl/N-ethyl adjacent to an activating group) is 1. The van der Waals surface area contributed by atoms with Crippen LogP contribution in [0.1, 0.15) is 18.1 Å². The van der Waals surface area contributed by atoms with Crippen molar-refractivity contribution in [3.05, 3.63) is 65.5 Å². The minimum Gasteiger partial charge on any atom is -0.435 e. The number of rotatable bonds is 9. The average molecular weight is 394 g/mol. The van der Waals surface area contributed by atoms with Gasteiger partial charge in [-0.2, -0.15) is 8.78 Å². The summed E-state index contributed by atoms with van der Waals surface area (Å²) in [4.78, 5) is 25.9. The first kappa shape index (κ1) is 21.3. The van der Waals surface area contributed by atoms with Crippen LogP contribution >= 0.6 is 0 Å². The van der Waals surface area contributed by atoms with Crippen LogP contribution in [0.4, 0.5) is 13.2 Å². The third-order valence-electron chi connectivity index (χ3n) is 3.98. The van der Waals surface area contributed by atoms with E-state index in [1.807, 2.05) is 0 Å². The monoisotopic (exact) mass is 394 g/mol. The van der Waals surface area contributed by atoms with Crippen LogP contribution in [-0.4, -0.2) is 36.4 Å². The normalized spacial score (nSPS) is 10.6. The first-order chi connectivity index (χ1) is 13.4. The Morgan fingerprint density at radius 1 is 1.04 bits per heavy atom. The summed E-state index contributed by atoms with van der Waals surface area (Å²) < 4.78 is 41.5. The van der Waals surface area contributed by atoms with Gasteiger partial charge in [0.25, 0.3) is 0 Å². The van der Waals surface area contributed by atoms with Gasteiger partial charge >= 0.3 is 6.61 Å². The predicted octanol–water partition coefficient (Wildman–Crippen LogP) is 3.13. The number of alkyl halides is 2. The molecule has 28 heavy (non-hydrogen) atoms. The van der Waals surface area contributed by atoms with E-state index in [4.69, 9.17) is 0 Å². The van der Waals surface area contributed by atoms with Crippen molar-refractivity contribution in [2.24, 2.45) is 0 Å². The third kappa shape index (κ3) is 6.94. The van der Waals surface area contributed by atoms with E-state index in [9.17, 15) is 22.8 Å². The first-order valence-electron chi connectivity index (χ1n) is 8.70. The first-order valence-corrected chi connectivity index (χ1v) is 8.70. The van der Waals surface area contributed by atoms with Gasteiger partial charge in [-0.3, -0.25) is 9.59 Å². The molecule has 0 bridgehead atoms. The van der Waals surface area contributed by atoms with E-state index < -0.39 is 6.61 Å². The van der Waals surface area contributed by atoms with Crippen molar-refractivity contribution in [1.82, 2.24) is 10.2 Å². The highest BCUT2D eigenvalue weighted by Crippen LogP contribution is 2.15.